The van der Waals surface area contributed by atoms with E-state index in [0.717, 1.165) is 12.1 Å². The van der Waals surface area contributed by atoms with Gasteiger partial charge in [0.05, 0.1) is 11.8 Å². The van der Waals surface area contributed by atoms with Crippen LogP contribution in [0, 0.1) is 0 Å². The van der Waals surface area contributed by atoms with E-state index < -0.39 is 0 Å². The molecule has 0 aromatic heterocycles. The maximum absolute atomic E-state index is 11.5. The third-order valence-electron chi connectivity index (χ3n) is 2.88. The molecular weight excluding hydrogens is 294 g/mol. The van der Waals surface area contributed by atoms with Gasteiger partial charge in [-0.2, -0.15) is 0 Å². The van der Waals surface area contributed by atoms with Crippen LogP contribution in [0.3, 0.4) is 0 Å². The second-order valence-electron chi connectivity index (χ2n) is 4.33. The van der Waals surface area contributed by atoms with Gasteiger partial charge in [0, 0.05) is 5.69 Å². The zero-order valence-electron chi connectivity index (χ0n) is 10.7. The second kappa shape index (κ2) is 7.31. The van der Waals surface area contributed by atoms with Gasteiger partial charge in [0.25, 0.3) is 0 Å². The maximum atomic E-state index is 11.5. The molecule has 0 aliphatic carbocycles. The summed E-state index contributed by atoms with van der Waals surface area (Å²) in [7, 11) is 0. The summed E-state index contributed by atoms with van der Waals surface area (Å²) < 4.78 is 0. The standard InChI is InChI=1S/C14H18BrNO2/c1-3-10(2)11-4-6-12(7-5-11)16-14(18)8-13(17)9-15/h4-7,10H,3,8-9H2,1-2H3,(H,16,18). The minimum Gasteiger partial charge on any atom is -0.326 e. The first-order chi connectivity index (χ1) is 8.56. The number of hydrogen-bond acceptors (Lipinski definition) is 2. The molecule has 4 heteroatoms. The number of hydrogen-bond donors (Lipinski definition) is 1. The Hall–Kier alpha value is -1.16. The predicted molar refractivity (Wildman–Crippen MR) is 77.2 cm³/mol. The number of anilines is 1. The molecule has 0 bridgehead atoms. The van der Waals surface area contributed by atoms with Crippen molar-refractivity contribution < 1.29 is 9.59 Å². The van der Waals surface area contributed by atoms with E-state index in [4.69, 9.17) is 0 Å². The molecule has 0 spiro atoms. The third kappa shape index (κ3) is 4.61. The molecule has 1 rings (SSSR count). The molecule has 1 atom stereocenters. The highest BCUT2D eigenvalue weighted by atomic mass is 79.9. The number of nitrogens with one attached hydrogen (secondary N) is 1. The largest absolute Gasteiger partial charge is 0.326 e. The number of amides is 1. The summed E-state index contributed by atoms with van der Waals surface area (Å²) in [5.41, 5.74) is 1.99. The van der Waals surface area contributed by atoms with Crippen LogP contribution in [0.5, 0.6) is 0 Å². The molecule has 0 aliphatic rings. The topological polar surface area (TPSA) is 46.2 Å². The van der Waals surface area contributed by atoms with Crippen LogP contribution in [0.2, 0.25) is 0 Å². The van der Waals surface area contributed by atoms with Crippen LogP contribution in [-0.4, -0.2) is 17.0 Å². The van der Waals surface area contributed by atoms with Gasteiger partial charge in [-0.1, -0.05) is 41.9 Å². The molecule has 0 aliphatic heterocycles. The van der Waals surface area contributed by atoms with E-state index in [2.05, 4.69) is 35.1 Å². The van der Waals surface area contributed by atoms with Crippen LogP contribution in [0.25, 0.3) is 0 Å². The van der Waals surface area contributed by atoms with Crippen LogP contribution >= 0.6 is 15.9 Å². The summed E-state index contributed by atoms with van der Waals surface area (Å²) >= 11 is 3.03. The van der Waals surface area contributed by atoms with E-state index in [9.17, 15) is 9.59 Å². The lowest BCUT2D eigenvalue weighted by Gasteiger charge is -2.10. The average Bonchev–Trinajstić information content (AvgIpc) is 2.38. The summed E-state index contributed by atoms with van der Waals surface area (Å²) in [6.07, 6.45) is 1.00. The SMILES string of the molecule is CCC(C)c1ccc(NC(=O)CC(=O)CBr)cc1. The molecule has 3 nitrogen and oxygen atoms in total. The third-order valence-corrected chi connectivity index (χ3v) is 3.51. The zero-order chi connectivity index (χ0) is 13.5. The van der Waals surface area contributed by atoms with E-state index in [1.54, 1.807) is 0 Å². The molecule has 1 amide bonds. The quantitative estimate of drug-likeness (QED) is 0.645. The van der Waals surface area contributed by atoms with Gasteiger partial charge < -0.3 is 5.32 Å². The number of Topliss-reactive ketones (excluding diaryl/α,β-unsaturated/α-hetero) is 1. The lowest BCUT2D eigenvalue weighted by atomic mass is 9.99. The Bertz CT molecular complexity index is 414. The highest BCUT2D eigenvalue weighted by molar-refractivity contribution is 9.09. The van der Waals surface area contributed by atoms with Crippen molar-refractivity contribution in [2.45, 2.75) is 32.6 Å². The number of benzene rings is 1. The first-order valence-electron chi connectivity index (χ1n) is 6.04. The van der Waals surface area contributed by atoms with Crippen molar-refractivity contribution in [1.82, 2.24) is 0 Å². The fraction of sp³-hybridized carbons (Fsp3) is 0.429. The van der Waals surface area contributed by atoms with Crippen molar-refractivity contribution in [1.29, 1.82) is 0 Å². The molecule has 0 saturated carbocycles. The fourth-order valence-corrected chi connectivity index (χ4v) is 1.76. The predicted octanol–water partition coefficient (Wildman–Crippen LogP) is 3.49. The maximum Gasteiger partial charge on any atom is 0.231 e. The van der Waals surface area contributed by atoms with Gasteiger partial charge in [-0.3, -0.25) is 9.59 Å². The van der Waals surface area contributed by atoms with Gasteiger partial charge in [0.1, 0.15) is 0 Å². The number of rotatable bonds is 6. The zero-order valence-corrected chi connectivity index (χ0v) is 12.3. The summed E-state index contributed by atoms with van der Waals surface area (Å²) in [4.78, 5) is 22.6. The molecule has 0 saturated heterocycles. The van der Waals surface area contributed by atoms with E-state index in [1.807, 2.05) is 24.3 Å². The number of alkyl halides is 1. The van der Waals surface area contributed by atoms with Crippen LogP contribution in [0.1, 0.15) is 38.2 Å². The van der Waals surface area contributed by atoms with Crippen molar-refractivity contribution >= 4 is 33.3 Å². The molecule has 1 unspecified atom stereocenters. The van der Waals surface area contributed by atoms with Crippen LogP contribution < -0.4 is 5.32 Å². The molecule has 0 radical (unpaired) electrons. The first kappa shape index (κ1) is 14.9. The summed E-state index contributed by atoms with van der Waals surface area (Å²) in [5.74, 6) is 0.129. The molecule has 1 N–H and O–H groups in total. The Morgan fingerprint density at radius 1 is 1.28 bits per heavy atom. The van der Waals surface area contributed by atoms with E-state index in [0.29, 0.717) is 5.92 Å². The lowest BCUT2D eigenvalue weighted by molar-refractivity contribution is -0.123. The minimum absolute atomic E-state index is 0.0850. The Balaban J connectivity index is 2.58. The van der Waals surface area contributed by atoms with Gasteiger partial charge >= 0.3 is 0 Å². The average molecular weight is 312 g/mol. The number of carbonyl (C=O) groups excluding carboxylic acids is 2. The highest BCUT2D eigenvalue weighted by Gasteiger charge is 2.08. The normalized spacial score (nSPS) is 11.9. The molecule has 1 aromatic rings. The van der Waals surface area contributed by atoms with Gasteiger partial charge in [-0.25, -0.2) is 0 Å². The summed E-state index contributed by atoms with van der Waals surface area (Å²) in [5, 5.41) is 2.93. The number of ketones is 1. The molecule has 0 fully saturated rings. The Kier molecular flexibility index (Phi) is 6.05. The van der Waals surface area contributed by atoms with Crippen molar-refractivity contribution in [2.24, 2.45) is 0 Å². The molecule has 1 aromatic carbocycles. The Morgan fingerprint density at radius 3 is 2.39 bits per heavy atom. The van der Waals surface area contributed by atoms with Crippen LogP contribution in [0.4, 0.5) is 5.69 Å². The monoisotopic (exact) mass is 311 g/mol. The van der Waals surface area contributed by atoms with E-state index in [-0.39, 0.29) is 23.4 Å². The van der Waals surface area contributed by atoms with Crippen molar-refractivity contribution in [2.75, 3.05) is 10.6 Å². The smallest absolute Gasteiger partial charge is 0.231 e. The van der Waals surface area contributed by atoms with Crippen molar-refractivity contribution in [3.05, 3.63) is 29.8 Å². The van der Waals surface area contributed by atoms with Crippen LogP contribution in [0.15, 0.2) is 24.3 Å². The molecule has 0 heterocycles. The van der Waals surface area contributed by atoms with Gasteiger partial charge in [0.2, 0.25) is 5.91 Å². The van der Waals surface area contributed by atoms with Crippen molar-refractivity contribution in [3.8, 4) is 0 Å². The molecule has 18 heavy (non-hydrogen) atoms. The van der Waals surface area contributed by atoms with Gasteiger partial charge in [0.15, 0.2) is 5.78 Å². The lowest BCUT2D eigenvalue weighted by Crippen LogP contribution is -2.16. The second-order valence-corrected chi connectivity index (χ2v) is 4.89. The highest BCUT2D eigenvalue weighted by Crippen LogP contribution is 2.20. The van der Waals surface area contributed by atoms with Gasteiger partial charge in [-0.15, -0.1) is 0 Å². The Labute approximate surface area is 116 Å². The van der Waals surface area contributed by atoms with Gasteiger partial charge in [-0.05, 0) is 30.0 Å². The number of halogens is 1. The summed E-state index contributed by atoms with van der Waals surface area (Å²) in [6, 6.07) is 7.77. The van der Waals surface area contributed by atoms with Crippen LogP contribution in [-0.2, 0) is 9.59 Å². The number of carbonyl (C=O) groups is 2. The summed E-state index contributed by atoms with van der Waals surface area (Å²) in [6.45, 7) is 4.31. The molecule has 98 valence electrons. The first-order valence-corrected chi connectivity index (χ1v) is 7.16. The fourth-order valence-electron chi connectivity index (χ4n) is 1.56. The molecular formula is C14H18BrNO2. The van der Waals surface area contributed by atoms with E-state index >= 15 is 0 Å². The minimum atomic E-state index is -0.268. The Morgan fingerprint density at radius 2 is 1.89 bits per heavy atom. The van der Waals surface area contributed by atoms with Crippen molar-refractivity contribution in [3.63, 3.8) is 0 Å². The van der Waals surface area contributed by atoms with E-state index in [1.165, 1.54) is 5.56 Å².